The van der Waals surface area contributed by atoms with Crippen molar-refractivity contribution in [3.05, 3.63) is 23.8 Å². The molecular formula is C17H27N3O4. The second-order valence-corrected chi connectivity index (χ2v) is 6.01. The van der Waals surface area contributed by atoms with Crippen molar-refractivity contribution in [2.24, 2.45) is 5.73 Å². The fourth-order valence-electron chi connectivity index (χ4n) is 2.92. The van der Waals surface area contributed by atoms with Crippen LogP contribution in [0.15, 0.2) is 18.2 Å². The summed E-state index contributed by atoms with van der Waals surface area (Å²) in [5.41, 5.74) is 5.94. The summed E-state index contributed by atoms with van der Waals surface area (Å²) >= 11 is 0. The summed E-state index contributed by atoms with van der Waals surface area (Å²) in [5, 5.41) is 12.4. The molecule has 4 N–H and O–H groups in total. The maximum absolute atomic E-state index is 12.7. The Morgan fingerprint density at radius 3 is 2.92 bits per heavy atom. The Hall–Kier alpha value is -1.83. The van der Waals surface area contributed by atoms with Gasteiger partial charge < -0.3 is 25.6 Å². The Bertz CT molecular complexity index is 553. The van der Waals surface area contributed by atoms with E-state index in [1.165, 1.54) is 0 Å². The number of benzene rings is 1. The summed E-state index contributed by atoms with van der Waals surface area (Å²) in [6.45, 7) is 1.75. The van der Waals surface area contributed by atoms with Gasteiger partial charge in [0.2, 0.25) is 0 Å². The number of amides is 1. The Labute approximate surface area is 142 Å². The van der Waals surface area contributed by atoms with E-state index in [-0.39, 0.29) is 24.6 Å². The van der Waals surface area contributed by atoms with Crippen molar-refractivity contribution >= 4 is 5.91 Å². The second kappa shape index (κ2) is 8.86. The van der Waals surface area contributed by atoms with Crippen LogP contribution in [0.4, 0.5) is 0 Å². The normalized spacial score (nSPS) is 20.8. The Balaban J connectivity index is 2.10. The molecule has 7 nitrogen and oxygen atoms in total. The van der Waals surface area contributed by atoms with Crippen molar-refractivity contribution in [2.45, 2.75) is 24.9 Å². The molecule has 7 heteroatoms. The van der Waals surface area contributed by atoms with Gasteiger partial charge in [0.05, 0.1) is 25.9 Å². The molecule has 0 saturated carbocycles. The van der Waals surface area contributed by atoms with Crippen LogP contribution in [0.3, 0.4) is 0 Å². The average Bonchev–Trinajstić information content (AvgIpc) is 2.94. The molecular weight excluding hydrogens is 310 g/mol. The summed E-state index contributed by atoms with van der Waals surface area (Å²) in [6, 6.07) is 5.34. The number of methoxy groups -OCH3 is 1. The molecule has 1 aromatic carbocycles. The predicted molar refractivity (Wildman–Crippen MR) is 91.5 cm³/mol. The SMILES string of the molecule is COc1cccc(C(=O)N[C@@H]2C[C@@H](CO)N(C)C2)c1OCCCN. The monoisotopic (exact) mass is 337 g/mol. The Morgan fingerprint density at radius 2 is 2.29 bits per heavy atom. The molecule has 1 aromatic rings. The van der Waals surface area contributed by atoms with Gasteiger partial charge >= 0.3 is 0 Å². The Morgan fingerprint density at radius 1 is 1.50 bits per heavy atom. The van der Waals surface area contributed by atoms with Crippen molar-refractivity contribution in [2.75, 3.05) is 40.5 Å². The van der Waals surface area contributed by atoms with E-state index in [9.17, 15) is 9.90 Å². The average molecular weight is 337 g/mol. The van der Waals surface area contributed by atoms with E-state index in [2.05, 4.69) is 10.2 Å². The van der Waals surface area contributed by atoms with E-state index in [1.54, 1.807) is 25.3 Å². The molecule has 0 aliphatic carbocycles. The van der Waals surface area contributed by atoms with Crippen LogP contribution < -0.4 is 20.5 Å². The van der Waals surface area contributed by atoms with Crippen LogP contribution in [0.2, 0.25) is 0 Å². The van der Waals surface area contributed by atoms with Crippen LogP contribution >= 0.6 is 0 Å². The number of carbonyl (C=O) groups excluding carboxylic acids is 1. The number of carbonyl (C=O) groups is 1. The summed E-state index contributed by atoms with van der Waals surface area (Å²) in [7, 11) is 3.49. The van der Waals surface area contributed by atoms with E-state index in [4.69, 9.17) is 15.2 Å². The summed E-state index contributed by atoms with van der Waals surface area (Å²) in [6.07, 6.45) is 1.43. The highest BCUT2D eigenvalue weighted by Gasteiger charge is 2.30. The Kier molecular flexibility index (Phi) is 6.84. The van der Waals surface area contributed by atoms with E-state index >= 15 is 0 Å². The van der Waals surface area contributed by atoms with Gasteiger partial charge in [-0.15, -0.1) is 0 Å². The number of nitrogens with one attached hydrogen (secondary N) is 1. The summed E-state index contributed by atoms with van der Waals surface area (Å²) < 4.78 is 11.0. The lowest BCUT2D eigenvalue weighted by molar-refractivity contribution is 0.0933. The lowest BCUT2D eigenvalue weighted by atomic mass is 10.1. The molecule has 1 aliphatic rings. The van der Waals surface area contributed by atoms with Gasteiger partial charge in [0, 0.05) is 18.6 Å². The number of nitrogens with zero attached hydrogens (tertiary/aromatic N) is 1. The second-order valence-electron chi connectivity index (χ2n) is 6.01. The first-order valence-corrected chi connectivity index (χ1v) is 8.22. The zero-order valence-electron chi connectivity index (χ0n) is 14.3. The van der Waals surface area contributed by atoms with Crippen LogP contribution in [0.25, 0.3) is 0 Å². The molecule has 24 heavy (non-hydrogen) atoms. The molecule has 1 heterocycles. The zero-order valence-corrected chi connectivity index (χ0v) is 14.3. The first-order valence-electron chi connectivity index (χ1n) is 8.22. The van der Waals surface area contributed by atoms with Gasteiger partial charge in [-0.1, -0.05) is 6.07 Å². The van der Waals surface area contributed by atoms with Gasteiger partial charge in [-0.05, 0) is 38.6 Å². The highest BCUT2D eigenvalue weighted by molar-refractivity contribution is 5.98. The van der Waals surface area contributed by atoms with Gasteiger partial charge in [-0.3, -0.25) is 9.69 Å². The van der Waals surface area contributed by atoms with Crippen molar-refractivity contribution in [1.82, 2.24) is 10.2 Å². The van der Waals surface area contributed by atoms with Crippen LogP contribution in [0, 0.1) is 0 Å². The maximum atomic E-state index is 12.7. The number of aliphatic hydroxyl groups is 1. The molecule has 0 unspecified atom stereocenters. The highest BCUT2D eigenvalue weighted by atomic mass is 16.5. The summed E-state index contributed by atoms with van der Waals surface area (Å²) in [4.78, 5) is 14.7. The molecule has 2 atom stereocenters. The molecule has 1 saturated heterocycles. The fraction of sp³-hybridized carbons (Fsp3) is 0.588. The maximum Gasteiger partial charge on any atom is 0.255 e. The molecule has 0 bridgehead atoms. The number of aliphatic hydroxyl groups excluding tert-OH is 1. The third kappa shape index (κ3) is 4.37. The van der Waals surface area contributed by atoms with E-state index < -0.39 is 0 Å². The molecule has 1 amide bonds. The minimum Gasteiger partial charge on any atom is -0.493 e. The van der Waals surface area contributed by atoms with Gasteiger partial charge in [0.1, 0.15) is 0 Å². The first kappa shape index (κ1) is 18.5. The molecule has 0 aromatic heterocycles. The summed E-state index contributed by atoms with van der Waals surface area (Å²) in [5.74, 6) is 0.765. The van der Waals surface area contributed by atoms with Gasteiger partial charge in [0.15, 0.2) is 11.5 Å². The smallest absolute Gasteiger partial charge is 0.255 e. The number of likely N-dealkylation sites (N-methyl/N-ethyl adjacent to an activating group) is 1. The van der Waals surface area contributed by atoms with Crippen molar-refractivity contribution in [1.29, 1.82) is 0 Å². The lowest BCUT2D eigenvalue weighted by Crippen LogP contribution is -2.36. The third-order valence-electron chi connectivity index (χ3n) is 4.27. The van der Waals surface area contributed by atoms with Crippen molar-refractivity contribution in [3.8, 4) is 11.5 Å². The number of rotatable bonds is 8. The molecule has 134 valence electrons. The topological polar surface area (TPSA) is 97.0 Å². The number of hydrogen-bond donors (Lipinski definition) is 3. The van der Waals surface area contributed by atoms with Gasteiger partial charge in [-0.25, -0.2) is 0 Å². The number of hydrogen-bond acceptors (Lipinski definition) is 6. The number of para-hydroxylation sites is 1. The van der Waals surface area contributed by atoms with Crippen LogP contribution in [-0.2, 0) is 0 Å². The van der Waals surface area contributed by atoms with Crippen molar-refractivity contribution < 1.29 is 19.4 Å². The fourth-order valence-corrected chi connectivity index (χ4v) is 2.92. The molecule has 1 aliphatic heterocycles. The lowest BCUT2D eigenvalue weighted by Gasteiger charge is -2.17. The van der Waals surface area contributed by atoms with E-state index in [1.807, 2.05) is 7.05 Å². The molecule has 0 spiro atoms. The number of ether oxygens (including phenoxy) is 2. The van der Waals surface area contributed by atoms with E-state index in [0.29, 0.717) is 43.2 Å². The highest BCUT2D eigenvalue weighted by Crippen LogP contribution is 2.31. The minimum absolute atomic E-state index is 0.00254. The number of nitrogens with two attached hydrogens (primary N) is 1. The standard InChI is InChI=1S/C17H27N3O4/c1-20-10-12(9-13(20)11-21)19-17(22)14-5-3-6-15(23-2)16(14)24-8-4-7-18/h3,5-6,12-13,21H,4,7-11,18H2,1-2H3,(H,19,22)/t12-,13+/m1/s1. The first-order chi connectivity index (χ1) is 11.6. The third-order valence-corrected chi connectivity index (χ3v) is 4.27. The van der Waals surface area contributed by atoms with Gasteiger partial charge in [0.25, 0.3) is 5.91 Å². The van der Waals surface area contributed by atoms with Crippen LogP contribution in [0.5, 0.6) is 11.5 Å². The number of likely N-dealkylation sites (tertiary alicyclic amines) is 1. The quantitative estimate of drug-likeness (QED) is 0.587. The largest absolute Gasteiger partial charge is 0.493 e. The molecule has 1 fully saturated rings. The minimum atomic E-state index is -0.200. The van der Waals surface area contributed by atoms with Gasteiger partial charge in [-0.2, -0.15) is 0 Å². The van der Waals surface area contributed by atoms with Crippen molar-refractivity contribution in [3.63, 3.8) is 0 Å². The molecule has 0 radical (unpaired) electrons. The predicted octanol–water partition coefficient (Wildman–Crippen LogP) is 0.218. The van der Waals surface area contributed by atoms with E-state index in [0.717, 1.165) is 6.42 Å². The van der Waals surface area contributed by atoms with Crippen LogP contribution in [-0.4, -0.2) is 68.5 Å². The zero-order chi connectivity index (χ0) is 17.5. The molecule has 2 rings (SSSR count). The van der Waals surface area contributed by atoms with Crippen LogP contribution in [0.1, 0.15) is 23.2 Å².